The van der Waals surface area contributed by atoms with Crippen LogP contribution in [0.25, 0.3) is 17.1 Å². The minimum absolute atomic E-state index is 0.00868. The number of pyridine rings is 1. The Labute approximate surface area is 162 Å². The van der Waals surface area contributed by atoms with Gasteiger partial charge >= 0.3 is 12.1 Å². The van der Waals surface area contributed by atoms with Crippen LogP contribution in [-0.2, 0) is 10.9 Å². The number of halogens is 3. The predicted molar refractivity (Wildman–Crippen MR) is 94.8 cm³/mol. The van der Waals surface area contributed by atoms with Crippen LogP contribution < -0.4 is 0 Å². The van der Waals surface area contributed by atoms with Crippen LogP contribution >= 0.6 is 0 Å². The third-order valence-corrected chi connectivity index (χ3v) is 3.95. The molecule has 29 heavy (non-hydrogen) atoms. The average Bonchev–Trinajstić information content (AvgIpc) is 3.14. The fourth-order valence-corrected chi connectivity index (χ4v) is 2.71. The normalized spacial score (nSPS) is 11.3. The second-order valence-electron chi connectivity index (χ2n) is 5.78. The molecule has 0 amide bonds. The van der Waals surface area contributed by atoms with E-state index in [-0.39, 0.29) is 35.0 Å². The van der Waals surface area contributed by atoms with E-state index in [1.807, 2.05) is 0 Å². The molecule has 7 nitrogen and oxygen atoms in total. The summed E-state index contributed by atoms with van der Waals surface area (Å²) in [7, 11) is 0. The number of nitrogens with zero attached hydrogens (tertiary/aromatic N) is 3. The number of aromatic nitrogens is 3. The summed E-state index contributed by atoms with van der Waals surface area (Å²) in [5.74, 6) is -1.74. The highest BCUT2D eigenvalue weighted by Crippen LogP contribution is 2.35. The Morgan fingerprint density at radius 3 is 2.62 bits per heavy atom. The third kappa shape index (κ3) is 3.82. The Kier molecular flexibility index (Phi) is 5.35. The van der Waals surface area contributed by atoms with E-state index in [4.69, 9.17) is 0 Å². The Morgan fingerprint density at radius 2 is 1.97 bits per heavy atom. The summed E-state index contributed by atoms with van der Waals surface area (Å²) in [4.78, 5) is 27.0. The highest BCUT2D eigenvalue weighted by atomic mass is 19.4. The Bertz CT molecular complexity index is 1080. The van der Waals surface area contributed by atoms with Crippen LogP contribution in [0, 0.1) is 0 Å². The molecule has 0 saturated carbocycles. The minimum atomic E-state index is -4.91. The van der Waals surface area contributed by atoms with Gasteiger partial charge in [-0.3, -0.25) is 4.79 Å². The molecule has 0 spiro atoms. The molecule has 0 aliphatic rings. The molecule has 0 radical (unpaired) electrons. The largest absolute Gasteiger partial charge is 0.506 e. The summed E-state index contributed by atoms with van der Waals surface area (Å²) < 4.78 is 46.1. The number of para-hydroxylation sites is 1. The second-order valence-corrected chi connectivity index (χ2v) is 5.78. The lowest BCUT2D eigenvalue weighted by Crippen LogP contribution is -2.19. The van der Waals surface area contributed by atoms with Crippen LogP contribution in [0.5, 0.6) is 5.75 Å². The van der Waals surface area contributed by atoms with Gasteiger partial charge in [-0.25, -0.2) is 14.5 Å². The molecular weight excluding hydrogens is 391 g/mol. The van der Waals surface area contributed by atoms with Gasteiger partial charge in [0.15, 0.2) is 17.8 Å². The molecule has 3 rings (SSSR count). The van der Waals surface area contributed by atoms with Crippen LogP contribution in [0.4, 0.5) is 13.2 Å². The van der Waals surface area contributed by atoms with Crippen molar-refractivity contribution < 1.29 is 32.6 Å². The molecule has 2 aromatic heterocycles. The molecule has 0 unspecified atom stereocenters. The van der Waals surface area contributed by atoms with Gasteiger partial charge in [-0.15, -0.1) is 0 Å². The summed E-state index contributed by atoms with van der Waals surface area (Å²) >= 11 is 0. The molecule has 1 N–H and O–H groups in total. The lowest BCUT2D eigenvalue weighted by atomic mass is 10.1. The first-order valence-corrected chi connectivity index (χ1v) is 8.35. The number of carbonyl (C=O) groups is 2. The molecule has 10 heteroatoms. The van der Waals surface area contributed by atoms with Gasteiger partial charge in [0, 0.05) is 5.56 Å². The fourth-order valence-electron chi connectivity index (χ4n) is 2.71. The van der Waals surface area contributed by atoms with Crippen molar-refractivity contribution in [1.29, 1.82) is 0 Å². The molecule has 3 aromatic rings. The number of hydrogen-bond acceptors (Lipinski definition) is 6. The van der Waals surface area contributed by atoms with Crippen LogP contribution in [0.2, 0.25) is 0 Å². The Balaban J connectivity index is 2.15. The van der Waals surface area contributed by atoms with E-state index in [1.165, 1.54) is 43.3 Å². The van der Waals surface area contributed by atoms with E-state index in [0.29, 0.717) is 11.0 Å². The molecule has 150 valence electrons. The van der Waals surface area contributed by atoms with Gasteiger partial charge < -0.3 is 9.84 Å². The summed E-state index contributed by atoms with van der Waals surface area (Å²) in [5, 5.41) is 13.9. The summed E-state index contributed by atoms with van der Waals surface area (Å²) in [6.07, 6.45) is -3.70. The van der Waals surface area contributed by atoms with E-state index in [9.17, 15) is 27.9 Å². The lowest BCUT2D eigenvalue weighted by Gasteiger charge is -2.13. The first-order chi connectivity index (χ1) is 13.8. The zero-order valence-electron chi connectivity index (χ0n) is 15.0. The zero-order valence-corrected chi connectivity index (χ0v) is 15.0. The summed E-state index contributed by atoms with van der Waals surface area (Å²) in [6.45, 7) is 1.38. The van der Waals surface area contributed by atoms with Gasteiger partial charge in [0.1, 0.15) is 11.3 Å². The number of benzene rings is 1. The number of ether oxygens (including phenoxy) is 1. The minimum Gasteiger partial charge on any atom is -0.506 e. The summed E-state index contributed by atoms with van der Waals surface area (Å²) in [5.41, 5.74) is -1.79. The van der Waals surface area contributed by atoms with Crippen molar-refractivity contribution >= 4 is 12.3 Å². The number of esters is 1. The fraction of sp³-hybridized carbons (Fsp3) is 0.158. The number of phenolic OH excluding ortho intramolecular Hbond substituents is 1. The van der Waals surface area contributed by atoms with Crippen molar-refractivity contribution in [3.8, 4) is 22.8 Å². The van der Waals surface area contributed by atoms with Crippen molar-refractivity contribution in [3.63, 3.8) is 0 Å². The lowest BCUT2D eigenvalue weighted by molar-refractivity contribution is -0.143. The van der Waals surface area contributed by atoms with E-state index >= 15 is 0 Å². The number of rotatable bonds is 5. The molecular formula is C19H14F3N3O4. The second kappa shape index (κ2) is 7.74. The predicted octanol–water partition coefficient (Wildman–Crippen LogP) is 3.65. The molecule has 0 fully saturated rings. The van der Waals surface area contributed by atoms with Crippen LogP contribution in [0.15, 0.2) is 42.6 Å². The molecule has 0 bridgehead atoms. The van der Waals surface area contributed by atoms with Gasteiger partial charge in [-0.1, -0.05) is 12.1 Å². The number of hydrogen-bond donors (Lipinski definition) is 1. The average molecular weight is 405 g/mol. The molecule has 0 aliphatic heterocycles. The Morgan fingerprint density at radius 1 is 1.24 bits per heavy atom. The van der Waals surface area contributed by atoms with Crippen LogP contribution in [0.3, 0.4) is 0 Å². The topological polar surface area (TPSA) is 94.3 Å². The molecule has 0 saturated heterocycles. The standard InChI is InChI=1S/C19H14F3N3O4/c1-2-29-18(28)13-9-23-25(17(13)19(20,21)22)15-8-4-7-14(24-15)12-6-3-5-11(10-26)16(12)27/h3-10,27H,2H2,1H3. The van der Waals surface area contributed by atoms with Crippen LogP contribution in [0.1, 0.15) is 33.3 Å². The van der Waals surface area contributed by atoms with Crippen molar-refractivity contribution in [1.82, 2.24) is 14.8 Å². The smallest absolute Gasteiger partial charge is 0.434 e. The maximum atomic E-state index is 13.6. The number of carbonyl (C=O) groups excluding carboxylic acids is 2. The maximum absolute atomic E-state index is 13.6. The van der Waals surface area contributed by atoms with Gasteiger partial charge in [0.2, 0.25) is 0 Å². The first kappa shape index (κ1) is 20.1. The van der Waals surface area contributed by atoms with Gasteiger partial charge in [-0.05, 0) is 31.2 Å². The molecule has 0 atom stereocenters. The number of aldehydes is 1. The quantitative estimate of drug-likeness (QED) is 0.514. The van der Waals surface area contributed by atoms with Crippen LogP contribution in [-0.4, -0.2) is 38.7 Å². The monoisotopic (exact) mass is 405 g/mol. The highest BCUT2D eigenvalue weighted by molar-refractivity contribution is 5.91. The molecule has 2 heterocycles. The van der Waals surface area contributed by atoms with Crippen molar-refractivity contribution in [2.24, 2.45) is 0 Å². The van der Waals surface area contributed by atoms with E-state index in [0.717, 1.165) is 6.20 Å². The van der Waals surface area contributed by atoms with Gasteiger partial charge in [0.25, 0.3) is 0 Å². The SMILES string of the molecule is CCOC(=O)c1cnn(-c2cccc(-c3cccc(C=O)c3O)n2)c1C(F)(F)F. The zero-order chi connectivity index (χ0) is 21.2. The first-order valence-electron chi connectivity index (χ1n) is 8.35. The van der Waals surface area contributed by atoms with E-state index < -0.39 is 23.4 Å². The third-order valence-electron chi connectivity index (χ3n) is 3.95. The van der Waals surface area contributed by atoms with Crippen molar-refractivity contribution in [2.75, 3.05) is 6.61 Å². The van der Waals surface area contributed by atoms with E-state index in [2.05, 4.69) is 14.8 Å². The number of aromatic hydroxyl groups is 1. The van der Waals surface area contributed by atoms with Crippen molar-refractivity contribution in [3.05, 3.63) is 59.4 Å². The number of phenols is 1. The summed E-state index contributed by atoms with van der Waals surface area (Å²) in [6, 6.07) is 8.48. The van der Waals surface area contributed by atoms with Gasteiger partial charge in [0.05, 0.1) is 24.1 Å². The number of alkyl halides is 3. The van der Waals surface area contributed by atoms with E-state index in [1.54, 1.807) is 0 Å². The maximum Gasteiger partial charge on any atom is 0.434 e. The van der Waals surface area contributed by atoms with Gasteiger partial charge in [-0.2, -0.15) is 18.3 Å². The highest BCUT2D eigenvalue weighted by Gasteiger charge is 2.41. The van der Waals surface area contributed by atoms with Crippen molar-refractivity contribution in [2.45, 2.75) is 13.1 Å². The molecule has 1 aromatic carbocycles. The molecule has 0 aliphatic carbocycles. The Hall–Kier alpha value is -3.69.